The molecule has 0 bridgehead atoms. The minimum atomic E-state index is 0.0905. The number of amides is 1. The normalized spacial score (nSPS) is 23.3. The van der Waals surface area contributed by atoms with Gasteiger partial charge in [-0.1, -0.05) is 26.0 Å². The maximum absolute atomic E-state index is 12.2. The fraction of sp³-hybridized carbons (Fsp3) is 0.533. The highest BCUT2D eigenvalue weighted by molar-refractivity contribution is 5.93. The third-order valence-corrected chi connectivity index (χ3v) is 3.68. The first-order valence-electron chi connectivity index (χ1n) is 6.72. The van der Waals surface area contributed by atoms with Crippen LogP contribution >= 0.6 is 0 Å². The second-order valence-corrected chi connectivity index (χ2v) is 5.41. The average molecular weight is 246 g/mol. The molecule has 98 valence electrons. The van der Waals surface area contributed by atoms with Gasteiger partial charge in [-0.2, -0.15) is 0 Å². The Balaban J connectivity index is 2.04. The van der Waals surface area contributed by atoms with Gasteiger partial charge in [0.25, 0.3) is 0 Å². The molecule has 0 aromatic heterocycles. The number of hydrogen-bond acceptors (Lipinski definition) is 2. The number of rotatable bonds is 3. The van der Waals surface area contributed by atoms with Crippen LogP contribution in [0.1, 0.15) is 38.7 Å². The van der Waals surface area contributed by atoms with Crippen molar-refractivity contribution in [3.05, 3.63) is 29.8 Å². The molecule has 3 nitrogen and oxygen atoms in total. The van der Waals surface area contributed by atoms with Crippen molar-refractivity contribution in [2.24, 2.45) is 5.92 Å². The summed E-state index contributed by atoms with van der Waals surface area (Å²) >= 11 is 0. The summed E-state index contributed by atoms with van der Waals surface area (Å²) in [5, 5.41) is 6.34. The van der Waals surface area contributed by atoms with Gasteiger partial charge in [-0.15, -0.1) is 0 Å². The number of hydrogen-bond donors (Lipinski definition) is 2. The fourth-order valence-electron chi connectivity index (χ4n) is 2.43. The van der Waals surface area contributed by atoms with Gasteiger partial charge in [0.05, 0.1) is 5.92 Å². The lowest BCUT2D eigenvalue weighted by atomic mass is 10.00. The van der Waals surface area contributed by atoms with E-state index in [0.29, 0.717) is 5.92 Å². The molecule has 0 aliphatic carbocycles. The van der Waals surface area contributed by atoms with E-state index >= 15 is 0 Å². The Morgan fingerprint density at radius 1 is 1.44 bits per heavy atom. The van der Waals surface area contributed by atoms with Crippen molar-refractivity contribution < 1.29 is 4.79 Å². The van der Waals surface area contributed by atoms with E-state index in [4.69, 9.17) is 0 Å². The van der Waals surface area contributed by atoms with Crippen LogP contribution in [0.2, 0.25) is 0 Å². The molecule has 3 heteroatoms. The van der Waals surface area contributed by atoms with Crippen LogP contribution in [0.5, 0.6) is 0 Å². The first kappa shape index (κ1) is 13.1. The molecule has 0 spiro atoms. The minimum Gasteiger partial charge on any atom is -0.326 e. The summed E-state index contributed by atoms with van der Waals surface area (Å²) in [7, 11) is 0. The van der Waals surface area contributed by atoms with E-state index in [1.807, 2.05) is 12.1 Å². The smallest absolute Gasteiger partial charge is 0.229 e. The van der Waals surface area contributed by atoms with Gasteiger partial charge in [0.15, 0.2) is 0 Å². The van der Waals surface area contributed by atoms with Crippen LogP contribution in [0.15, 0.2) is 24.3 Å². The van der Waals surface area contributed by atoms with E-state index in [1.54, 1.807) is 0 Å². The van der Waals surface area contributed by atoms with Crippen LogP contribution in [-0.4, -0.2) is 18.5 Å². The quantitative estimate of drug-likeness (QED) is 0.861. The fourth-order valence-corrected chi connectivity index (χ4v) is 2.43. The highest BCUT2D eigenvalue weighted by Gasteiger charge is 2.29. The Bertz CT molecular complexity index is 428. The summed E-state index contributed by atoms with van der Waals surface area (Å²) < 4.78 is 0. The lowest BCUT2D eigenvalue weighted by Gasteiger charge is -2.15. The molecule has 1 fully saturated rings. The Hall–Kier alpha value is -1.35. The lowest BCUT2D eigenvalue weighted by Crippen LogP contribution is -2.32. The Morgan fingerprint density at radius 3 is 2.83 bits per heavy atom. The molecule has 18 heavy (non-hydrogen) atoms. The van der Waals surface area contributed by atoms with E-state index in [2.05, 4.69) is 43.5 Å². The van der Waals surface area contributed by atoms with Crippen LogP contribution in [0.4, 0.5) is 5.69 Å². The Kier molecular flexibility index (Phi) is 4.02. The van der Waals surface area contributed by atoms with E-state index in [9.17, 15) is 4.79 Å². The van der Waals surface area contributed by atoms with Crippen molar-refractivity contribution in [2.45, 2.75) is 39.2 Å². The summed E-state index contributed by atoms with van der Waals surface area (Å²) in [5.41, 5.74) is 2.16. The van der Waals surface area contributed by atoms with Gasteiger partial charge in [0, 0.05) is 11.7 Å². The van der Waals surface area contributed by atoms with Crippen molar-refractivity contribution in [1.29, 1.82) is 0 Å². The van der Waals surface area contributed by atoms with Crippen LogP contribution in [0.3, 0.4) is 0 Å². The van der Waals surface area contributed by atoms with Crippen LogP contribution in [0, 0.1) is 5.92 Å². The zero-order chi connectivity index (χ0) is 13.1. The number of carbonyl (C=O) groups is 1. The van der Waals surface area contributed by atoms with E-state index < -0.39 is 0 Å². The predicted molar refractivity (Wildman–Crippen MR) is 74.7 cm³/mol. The molecule has 1 saturated heterocycles. The third-order valence-electron chi connectivity index (χ3n) is 3.68. The molecule has 1 aliphatic rings. The first-order chi connectivity index (χ1) is 8.58. The number of carbonyl (C=O) groups excluding carboxylic acids is 1. The molecule has 1 aromatic carbocycles. The zero-order valence-electron chi connectivity index (χ0n) is 11.4. The average Bonchev–Trinajstić information content (AvgIpc) is 2.76. The van der Waals surface area contributed by atoms with E-state index in [0.717, 1.165) is 18.7 Å². The third kappa shape index (κ3) is 2.91. The van der Waals surface area contributed by atoms with E-state index in [-0.39, 0.29) is 17.9 Å². The van der Waals surface area contributed by atoms with Crippen molar-refractivity contribution >= 4 is 11.6 Å². The molecule has 1 aromatic rings. The van der Waals surface area contributed by atoms with Crippen molar-refractivity contribution in [3.8, 4) is 0 Å². The molecule has 2 atom stereocenters. The molecular formula is C15H22N2O. The van der Waals surface area contributed by atoms with Gasteiger partial charge in [-0.05, 0) is 43.5 Å². The summed E-state index contributed by atoms with van der Waals surface area (Å²) in [4.78, 5) is 12.2. The summed E-state index contributed by atoms with van der Waals surface area (Å²) in [5.74, 6) is 0.704. The molecule has 2 rings (SSSR count). The van der Waals surface area contributed by atoms with Crippen molar-refractivity contribution in [1.82, 2.24) is 5.32 Å². The largest absolute Gasteiger partial charge is 0.326 e. The van der Waals surface area contributed by atoms with Crippen LogP contribution < -0.4 is 10.6 Å². The van der Waals surface area contributed by atoms with E-state index in [1.165, 1.54) is 5.56 Å². The minimum absolute atomic E-state index is 0.0905. The number of benzene rings is 1. The summed E-state index contributed by atoms with van der Waals surface area (Å²) in [6.07, 6.45) is 0.927. The monoisotopic (exact) mass is 246 g/mol. The molecule has 2 N–H and O–H groups in total. The maximum atomic E-state index is 12.2. The van der Waals surface area contributed by atoms with Gasteiger partial charge < -0.3 is 10.6 Å². The van der Waals surface area contributed by atoms with Crippen molar-refractivity contribution in [3.63, 3.8) is 0 Å². The van der Waals surface area contributed by atoms with Crippen LogP contribution in [0.25, 0.3) is 0 Å². The topological polar surface area (TPSA) is 41.1 Å². The molecule has 0 radical (unpaired) electrons. The molecule has 0 saturated carbocycles. The maximum Gasteiger partial charge on any atom is 0.229 e. The van der Waals surface area contributed by atoms with Gasteiger partial charge in [-0.3, -0.25) is 4.79 Å². The summed E-state index contributed by atoms with van der Waals surface area (Å²) in [6, 6.07) is 8.40. The highest BCUT2D eigenvalue weighted by Crippen LogP contribution is 2.21. The number of nitrogens with one attached hydrogen (secondary N) is 2. The Labute approximate surface area is 109 Å². The van der Waals surface area contributed by atoms with Gasteiger partial charge in [0.2, 0.25) is 5.91 Å². The van der Waals surface area contributed by atoms with Crippen molar-refractivity contribution in [2.75, 3.05) is 11.9 Å². The lowest BCUT2D eigenvalue weighted by molar-refractivity contribution is -0.119. The molecular weight excluding hydrogens is 224 g/mol. The molecule has 2 unspecified atom stereocenters. The first-order valence-corrected chi connectivity index (χ1v) is 6.72. The van der Waals surface area contributed by atoms with Gasteiger partial charge in [-0.25, -0.2) is 0 Å². The van der Waals surface area contributed by atoms with Gasteiger partial charge in [0.1, 0.15) is 0 Å². The molecule has 1 heterocycles. The second-order valence-electron chi connectivity index (χ2n) is 5.41. The number of anilines is 1. The van der Waals surface area contributed by atoms with Crippen LogP contribution in [-0.2, 0) is 4.79 Å². The summed E-state index contributed by atoms with van der Waals surface area (Å²) in [6.45, 7) is 7.32. The van der Waals surface area contributed by atoms with Gasteiger partial charge >= 0.3 is 0 Å². The molecule has 1 amide bonds. The molecule has 1 aliphatic heterocycles. The highest BCUT2D eigenvalue weighted by atomic mass is 16.1. The second kappa shape index (κ2) is 5.53. The SMILES string of the molecule is CC(C)c1cccc(NC(=O)C2CCNC2C)c1. The Morgan fingerprint density at radius 2 is 2.22 bits per heavy atom. The standard InChI is InChI=1S/C15H22N2O/c1-10(2)12-5-4-6-13(9-12)17-15(18)14-7-8-16-11(14)3/h4-6,9-11,14,16H,7-8H2,1-3H3,(H,17,18). The predicted octanol–water partition coefficient (Wildman–Crippen LogP) is 2.75. The zero-order valence-corrected chi connectivity index (χ0v) is 11.4.